The lowest BCUT2D eigenvalue weighted by Gasteiger charge is -2.37. The van der Waals surface area contributed by atoms with Gasteiger partial charge in [0.25, 0.3) is 0 Å². The zero-order valence-corrected chi connectivity index (χ0v) is 6.84. The summed E-state index contributed by atoms with van der Waals surface area (Å²) < 4.78 is 0. The molecule has 0 aromatic carbocycles. The molecule has 0 aromatic rings. The summed E-state index contributed by atoms with van der Waals surface area (Å²) in [5.41, 5.74) is 0.535. The van der Waals surface area contributed by atoms with Crippen molar-refractivity contribution in [2.24, 2.45) is 15.6 Å². The third-order valence-electron chi connectivity index (χ3n) is 2.91. The van der Waals surface area contributed by atoms with Gasteiger partial charge in [0.2, 0.25) is 0 Å². The van der Waals surface area contributed by atoms with E-state index < -0.39 is 0 Å². The van der Waals surface area contributed by atoms with Gasteiger partial charge in [-0.2, -0.15) is 10.2 Å². The molecule has 0 atom stereocenters. The summed E-state index contributed by atoms with van der Waals surface area (Å²) in [6, 6.07) is 0. The van der Waals surface area contributed by atoms with Crippen molar-refractivity contribution in [1.82, 2.24) is 5.32 Å². The second-order valence-corrected chi connectivity index (χ2v) is 3.66. The molecule has 0 unspecified atom stereocenters. The van der Waals surface area contributed by atoms with Crippen molar-refractivity contribution < 1.29 is 0 Å². The Bertz CT molecular complexity index is 159. The van der Waals surface area contributed by atoms with Crippen LogP contribution in [0.5, 0.6) is 0 Å². The average molecular weight is 153 g/mol. The molecular formula is C8H15N3. The third kappa shape index (κ3) is 1.43. The second-order valence-electron chi connectivity index (χ2n) is 3.66. The Morgan fingerprint density at radius 3 is 2.45 bits per heavy atom. The fourth-order valence-corrected chi connectivity index (χ4v) is 2.00. The highest BCUT2D eigenvalue weighted by molar-refractivity contribution is 4.88. The van der Waals surface area contributed by atoms with Crippen molar-refractivity contribution in [2.45, 2.75) is 19.3 Å². The van der Waals surface area contributed by atoms with E-state index in [2.05, 4.69) is 15.5 Å². The van der Waals surface area contributed by atoms with Gasteiger partial charge < -0.3 is 5.32 Å². The van der Waals surface area contributed by atoms with E-state index in [0.717, 1.165) is 13.1 Å². The van der Waals surface area contributed by atoms with Gasteiger partial charge in [-0.25, -0.2) is 0 Å². The maximum atomic E-state index is 4.15. The minimum Gasteiger partial charge on any atom is -0.317 e. The summed E-state index contributed by atoms with van der Waals surface area (Å²) in [6.07, 6.45) is 3.86. The predicted octanol–water partition coefficient (Wildman–Crippen LogP) is 1.21. The summed E-state index contributed by atoms with van der Waals surface area (Å²) in [5, 5.41) is 11.6. The van der Waals surface area contributed by atoms with Crippen molar-refractivity contribution in [1.29, 1.82) is 0 Å². The van der Waals surface area contributed by atoms with Gasteiger partial charge in [-0.3, -0.25) is 0 Å². The van der Waals surface area contributed by atoms with E-state index in [1.807, 2.05) is 0 Å². The van der Waals surface area contributed by atoms with Crippen LogP contribution in [0.15, 0.2) is 10.2 Å². The van der Waals surface area contributed by atoms with E-state index in [0.29, 0.717) is 5.41 Å². The van der Waals surface area contributed by atoms with Crippen LogP contribution in [0.1, 0.15) is 19.3 Å². The van der Waals surface area contributed by atoms with E-state index in [1.165, 1.54) is 32.4 Å². The van der Waals surface area contributed by atoms with E-state index in [-0.39, 0.29) is 0 Å². The number of azo groups is 1. The second kappa shape index (κ2) is 2.89. The van der Waals surface area contributed by atoms with Crippen LogP contribution < -0.4 is 5.32 Å². The van der Waals surface area contributed by atoms with Crippen LogP contribution in [0.3, 0.4) is 0 Å². The molecule has 2 aliphatic heterocycles. The molecule has 0 saturated carbocycles. The summed E-state index contributed by atoms with van der Waals surface area (Å²) in [5.74, 6) is 0. The third-order valence-corrected chi connectivity index (χ3v) is 2.91. The van der Waals surface area contributed by atoms with Gasteiger partial charge in [0.05, 0.1) is 13.1 Å². The van der Waals surface area contributed by atoms with E-state index in [9.17, 15) is 0 Å². The van der Waals surface area contributed by atoms with Crippen molar-refractivity contribution >= 4 is 0 Å². The maximum Gasteiger partial charge on any atom is 0.0656 e. The normalized spacial score (nSPS) is 29.1. The predicted molar refractivity (Wildman–Crippen MR) is 43.7 cm³/mol. The van der Waals surface area contributed by atoms with Gasteiger partial charge in [0.1, 0.15) is 0 Å². The zero-order valence-electron chi connectivity index (χ0n) is 6.84. The van der Waals surface area contributed by atoms with Gasteiger partial charge in [-0.1, -0.05) is 0 Å². The highest BCUT2D eigenvalue weighted by Crippen LogP contribution is 2.34. The fourth-order valence-electron chi connectivity index (χ4n) is 2.00. The molecule has 0 aromatic heterocycles. The molecule has 3 heteroatoms. The number of piperidine rings is 1. The Morgan fingerprint density at radius 2 is 1.82 bits per heavy atom. The first kappa shape index (κ1) is 7.22. The summed E-state index contributed by atoms with van der Waals surface area (Å²) in [6.45, 7) is 4.29. The highest BCUT2D eigenvalue weighted by atomic mass is 15.1. The molecule has 1 saturated heterocycles. The summed E-state index contributed by atoms with van der Waals surface area (Å²) in [7, 11) is 0. The number of nitrogens with one attached hydrogen (secondary N) is 1. The van der Waals surface area contributed by atoms with Gasteiger partial charge >= 0.3 is 0 Å². The fraction of sp³-hybridized carbons (Fsp3) is 1.00. The van der Waals surface area contributed by atoms with Crippen molar-refractivity contribution in [3.63, 3.8) is 0 Å². The molecule has 11 heavy (non-hydrogen) atoms. The van der Waals surface area contributed by atoms with Crippen molar-refractivity contribution in [3.8, 4) is 0 Å². The SMILES string of the molecule is C1CC2(CCNCC2)CN=N1. The number of nitrogens with zero attached hydrogens (tertiary/aromatic N) is 2. The molecule has 62 valence electrons. The number of rotatable bonds is 0. The standard InChI is InChI=1S/C8H15N3/c1-4-9-5-2-8(1)3-6-10-11-7-8/h9H,1-7H2. The highest BCUT2D eigenvalue weighted by Gasteiger charge is 2.32. The summed E-state index contributed by atoms with van der Waals surface area (Å²) >= 11 is 0. The molecule has 1 fully saturated rings. The van der Waals surface area contributed by atoms with E-state index in [1.54, 1.807) is 0 Å². The Kier molecular flexibility index (Phi) is 1.90. The van der Waals surface area contributed by atoms with Crippen LogP contribution in [0.4, 0.5) is 0 Å². The van der Waals surface area contributed by atoms with Crippen LogP contribution in [0, 0.1) is 5.41 Å². The molecule has 2 rings (SSSR count). The molecule has 1 N–H and O–H groups in total. The van der Waals surface area contributed by atoms with Crippen molar-refractivity contribution in [2.75, 3.05) is 26.2 Å². The monoisotopic (exact) mass is 153 g/mol. The Balaban J connectivity index is 2.01. The van der Waals surface area contributed by atoms with Crippen LogP contribution in [0.2, 0.25) is 0 Å². The lowest BCUT2D eigenvalue weighted by atomic mass is 9.76. The van der Waals surface area contributed by atoms with Crippen LogP contribution >= 0.6 is 0 Å². The smallest absolute Gasteiger partial charge is 0.0656 e. The maximum absolute atomic E-state index is 4.15. The molecule has 2 heterocycles. The van der Waals surface area contributed by atoms with Crippen LogP contribution in [-0.2, 0) is 0 Å². The molecule has 0 aliphatic carbocycles. The Morgan fingerprint density at radius 1 is 1.00 bits per heavy atom. The first-order valence-electron chi connectivity index (χ1n) is 4.45. The molecular weight excluding hydrogens is 138 g/mol. The number of hydrogen-bond donors (Lipinski definition) is 1. The molecule has 2 aliphatic rings. The topological polar surface area (TPSA) is 36.8 Å². The van der Waals surface area contributed by atoms with Gasteiger partial charge in [0, 0.05) is 0 Å². The largest absolute Gasteiger partial charge is 0.317 e. The number of hydrogen-bond acceptors (Lipinski definition) is 3. The first-order valence-corrected chi connectivity index (χ1v) is 4.45. The average Bonchev–Trinajstić information content (AvgIpc) is 2.07. The first-order chi connectivity index (χ1) is 5.41. The lowest BCUT2D eigenvalue weighted by Crippen LogP contribution is -2.40. The van der Waals surface area contributed by atoms with Gasteiger partial charge in [-0.15, -0.1) is 0 Å². The lowest BCUT2D eigenvalue weighted by molar-refractivity contribution is 0.181. The molecule has 0 radical (unpaired) electrons. The quantitative estimate of drug-likeness (QED) is 0.558. The minimum absolute atomic E-state index is 0.535. The minimum atomic E-state index is 0.535. The molecule has 3 nitrogen and oxygen atoms in total. The van der Waals surface area contributed by atoms with Gasteiger partial charge in [0.15, 0.2) is 0 Å². The molecule has 1 spiro atoms. The van der Waals surface area contributed by atoms with E-state index in [4.69, 9.17) is 0 Å². The van der Waals surface area contributed by atoms with Crippen LogP contribution in [-0.4, -0.2) is 26.2 Å². The molecule has 0 amide bonds. The van der Waals surface area contributed by atoms with Crippen molar-refractivity contribution in [3.05, 3.63) is 0 Å². The molecule has 0 bridgehead atoms. The Hall–Kier alpha value is -0.440. The van der Waals surface area contributed by atoms with E-state index >= 15 is 0 Å². The van der Waals surface area contributed by atoms with Crippen LogP contribution in [0.25, 0.3) is 0 Å². The zero-order chi connectivity index (χ0) is 7.57. The van der Waals surface area contributed by atoms with Gasteiger partial charge in [-0.05, 0) is 37.8 Å². The Labute approximate surface area is 67.3 Å². The summed E-state index contributed by atoms with van der Waals surface area (Å²) in [4.78, 5) is 0.